The van der Waals surface area contributed by atoms with E-state index in [4.69, 9.17) is 11.6 Å². The van der Waals surface area contributed by atoms with Crippen LogP contribution >= 0.6 is 11.6 Å². The summed E-state index contributed by atoms with van der Waals surface area (Å²) in [4.78, 5) is 24.6. The third-order valence-electron chi connectivity index (χ3n) is 4.33. The molecule has 0 saturated carbocycles. The van der Waals surface area contributed by atoms with E-state index < -0.39 is 21.8 Å². The van der Waals surface area contributed by atoms with E-state index in [1.165, 1.54) is 18.2 Å². The summed E-state index contributed by atoms with van der Waals surface area (Å²) < 4.78 is 25.1. The van der Waals surface area contributed by atoms with Gasteiger partial charge in [-0.05, 0) is 30.7 Å². The molecule has 1 aliphatic rings. The molecule has 3 rings (SSSR count). The highest BCUT2D eigenvalue weighted by Gasteiger charge is 2.42. The van der Waals surface area contributed by atoms with Crippen LogP contribution < -0.4 is 9.62 Å². The number of nitrogens with zero attached hydrogens (tertiary/aromatic N) is 1. The van der Waals surface area contributed by atoms with Crippen molar-refractivity contribution >= 4 is 39.1 Å². The minimum absolute atomic E-state index is 0.0804. The zero-order valence-corrected chi connectivity index (χ0v) is 16.5. The largest absolute Gasteiger partial charge is 0.348 e. The zero-order valence-electron chi connectivity index (χ0n) is 14.9. The van der Waals surface area contributed by atoms with Crippen molar-refractivity contribution in [2.24, 2.45) is 5.92 Å². The minimum Gasteiger partial charge on any atom is -0.348 e. The Morgan fingerprint density at radius 2 is 2.00 bits per heavy atom. The van der Waals surface area contributed by atoms with Crippen molar-refractivity contribution in [3.63, 3.8) is 0 Å². The van der Waals surface area contributed by atoms with E-state index in [0.29, 0.717) is 6.54 Å². The first-order valence-corrected chi connectivity index (χ1v) is 10.4. The SMILES string of the molecule is Cc1cccc(CNC(=O)c2ccc(N3C(=O)[C@@H](C)CS3(=O)=O)cc2Cl)c1. The van der Waals surface area contributed by atoms with Crippen LogP contribution in [0.2, 0.25) is 5.02 Å². The van der Waals surface area contributed by atoms with Gasteiger partial charge in [-0.2, -0.15) is 0 Å². The molecule has 6 nitrogen and oxygen atoms in total. The Bertz CT molecular complexity index is 1020. The van der Waals surface area contributed by atoms with Gasteiger partial charge in [-0.15, -0.1) is 0 Å². The standard InChI is InChI=1S/C19H19ClN2O4S/c1-12-4-3-5-14(8-12)10-21-18(23)16-7-6-15(9-17(16)20)22-19(24)13(2)11-27(22,25)26/h3-9,13H,10-11H2,1-2H3,(H,21,23)/t13-/m0/s1. The number of halogens is 1. The predicted octanol–water partition coefficient (Wildman–Crippen LogP) is 2.89. The van der Waals surface area contributed by atoms with Gasteiger partial charge in [-0.3, -0.25) is 9.59 Å². The summed E-state index contributed by atoms with van der Waals surface area (Å²) in [6.45, 7) is 3.87. The van der Waals surface area contributed by atoms with E-state index in [0.717, 1.165) is 15.4 Å². The highest BCUT2D eigenvalue weighted by Crippen LogP contribution is 2.31. The van der Waals surface area contributed by atoms with Crippen LogP contribution in [0, 0.1) is 12.8 Å². The molecule has 8 heteroatoms. The van der Waals surface area contributed by atoms with Gasteiger partial charge in [0.2, 0.25) is 15.9 Å². The van der Waals surface area contributed by atoms with Crippen LogP contribution in [0.15, 0.2) is 42.5 Å². The van der Waals surface area contributed by atoms with Crippen molar-refractivity contribution in [2.45, 2.75) is 20.4 Å². The van der Waals surface area contributed by atoms with Gasteiger partial charge >= 0.3 is 0 Å². The molecule has 1 N–H and O–H groups in total. The number of sulfonamides is 1. The number of anilines is 1. The number of aryl methyl sites for hydroxylation is 1. The maximum atomic E-state index is 12.4. The molecule has 0 radical (unpaired) electrons. The van der Waals surface area contributed by atoms with Gasteiger partial charge in [0.1, 0.15) is 0 Å². The summed E-state index contributed by atoms with van der Waals surface area (Å²) in [6, 6.07) is 11.9. The van der Waals surface area contributed by atoms with Gasteiger partial charge in [0, 0.05) is 6.54 Å². The van der Waals surface area contributed by atoms with Crippen LogP contribution in [-0.4, -0.2) is 26.0 Å². The van der Waals surface area contributed by atoms with Gasteiger partial charge in [0.15, 0.2) is 0 Å². The molecule has 0 unspecified atom stereocenters. The van der Waals surface area contributed by atoms with E-state index >= 15 is 0 Å². The Morgan fingerprint density at radius 3 is 2.59 bits per heavy atom. The highest BCUT2D eigenvalue weighted by molar-refractivity contribution is 7.94. The lowest BCUT2D eigenvalue weighted by atomic mass is 10.1. The monoisotopic (exact) mass is 406 g/mol. The van der Waals surface area contributed by atoms with E-state index in [2.05, 4.69) is 5.32 Å². The molecule has 142 valence electrons. The summed E-state index contributed by atoms with van der Waals surface area (Å²) >= 11 is 6.19. The Morgan fingerprint density at radius 1 is 1.26 bits per heavy atom. The average Bonchev–Trinajstić information content (AvgIpc) is 2.80. The van der Waals surface area contributed by atoms with Gasteiger partial charge in [0.05, 0.1) is 27.9 Å². The Kier molecular flexibility index (Phi) is 5.26. The maximum absolute atomic E-state index is 12.4. The molecule has 27 heavy (non-hydrogen) atoms. The number of hydrogen-bond donors (Lipinski definition) is 1. The molecule has 2 aromatic rings. The van der Waals surface area contributed by atoms with Crippen LogP contribution in [0.25, 0.3) is 0 Å². The molecule has 0 aliphatic carbocycles. The minimum atomic E-state index is -3.71. The molecule has 1 heterocycles. The van der Waals surface area contributed by atoms with Gasteiger partial charge in [-0.1, -0.05) is 48.4 Å². The van der Waals surface area contributed by atoms with E-state index in [-0.39, 0.29) is 27.9 Å². The van der Waals surface area contributed by atoms with E-state index in [9.17, 15) is 18.0 Å². The van der Waals surface area contributed by atoms with Crippen molar-refractivity contribution in [2.75, 3.05) is 10.1 Å². The van der Waals surface area contributed by atoms with Crippen LogP contribution in [0.3, 0.4) is 0 Å². The number of carbonyl (C=O) groups is 2. The molecule has 2 amide bonds. The van der Waals surface area contributed by atoms with Crippen LogP contribution in [0.1, 0.15) is 28.4 Å². The first-order chi connectivity index (χ1) is 12.7. The fourth-order valence-electron chi connectivity index (χ4n) is 3.00. The predicted molar refractivity (Wildman–Crippen MR) is 104 cm³/mol. The van der Waals surface area contributed by atoms with E-state index in [1.807, 2.05) is 31.2 Å². The first kappa shape index (κ1) is 19.4. The van der Waals surface area contributed by atoms with E-state index in [1.54, 1.807) is 6.92 Å². The molecule has 1 saturated heterocycles. The fourth-order valence-corrected chi connectivity index (χ4v) is 5.07. The number of rotatable bonds is 4. The Hall–Kier alpha value is -2.38. The molecule has 1 aliphatic heterocycles. The number of carbonyl (C=O) groups excluding carboxylic acids is 2. The third-order valence-corrected chi connectivity index (χ3v) is 6.51. The number of nitrogens with one attached hydrogen (secondary N) is 1. The second kappa shape index (κ2) is 7.32. The molecule has 0 aromatic heterocycles. The summed E-state index contributed by atoms with van der Waals surface area (Å²) in [7, 11) is -3.71. The quantitative estimate of drug-likeness (QED) is 0.846. The number of benzene rings is 2. The molecular weight excluding hydrogens is 388 g/mol. The van der Waals surface area contributed by atoms with Crippen LogP contribution in [0.5, 0.6) is 0 Å². The molecule has 0 bridgehead atoms. The average molecular weight is 407 g/mol. The smallest absolute Gasteiger partial charge is 0.253 e. The van der Waals surface area contributed by atoms with Crippen molar-refractivity contribution in [3.8, 4) is 0 Å². The molecule has 1 fully saturated rings. The van der Waals surface area contributed by atoms with Crippen molar-refractivity contribution in [3.05, 3.63) is 64.2 Å². The lowest BCUT2D eigenvalue weighted by Gasteiger charge is -2.16. The number of hydrogen-bond acceptors (Lipinski definition) is 4. The summed E-state index contributed by atoms with van der Waals surface area (Å²) in [5.74, 6) is -1.71. The Balaban J connectivity index is 1.78. The normalized spacial score (nSPS) is 18.6. The molecule has 0 spiro atoms. The lowest BCUT2D eigenvalue weighted by Crippen LogP contribution is -2.30. The van der Waals surface area contributed by atoms with Gasteiger partial charge in [-0.25, -0.2) is 12.7 Å². The van der Waals surface area contributed by atoms with Crippen molar-refractivity contribution < 1.29 is 18.0 Å². The fraction of sp³-hybridized carbons (Fsp3) is 0.263. The number of amides is 2. The second-order valence-corrected chi connectivity index (χ2v) is 8.89. The summed E-state index contributed by atoms with van der Waals surface area (Å²) in [5.41, 5.74) is 2.41. The summed E-state index contributed by atoms with van der Waals surface area (Å²) in [5, 5.41) is 2.86. The highest BCUT2D eigenvalue weighted by atomic mass is 35.5. The van der Waals surface area contributed by atoms with Crippen molar-refractivity contribution in [1.82, 2.24) is 5.32 Å². The second-order valence-electron chi connectivity index (χ2n) is 6.62. The molecule has 1 atom stereocenters. The first-order valence-electron chi connectivity index (χ1n) is 8.39. The topological polar surface area (TPSA) is 83.6 Å². The zero-order chi connectivity index (χ0) is 19.8. The van der Waals surface area contributed by atoms with Crippen LogP contribution in [-0.2, 0) is 21.4 Å². The maximum Gasteiger partial charge on any atom is 0.253 e. The van der Waals surface area contributed by atoms with Gasteiger partial charge < -0.3 is 5.32 Å². The van der Waals surface area contributed by atoms with Crippen LogP contribution in [0.4, 0.5) is 5.69 Å². The lowest BCUT2D eigenvalue weighted by molar-refractivity contribution is -0.119. The van der Waals surface area contributed by atoms with Gasteiger partial charge in [0.25, 0.3) is 5.91 Å². The molecule has 2 aromatic carbocycles. The Labute approximate surface area is 163 Å². The third kappa shape index (κ3) is 3.99. The molecular formula is C19H19ClN2O4S. The summed E-state index contributed by atoms with van der Waals surface area (Å²) in [6.07, 6.45) is 0. The van der Waals surface area contributed by atoms with Crippen molar-refractivity contribution in [1.29, 1.82) is 0 Å².